The molecule has 5 rings (SSSR count). The third-order valence-corrected chi connectivity index (χ3v) is 6.32. The van der Waals surface area contributed by atoms with Crippen molar-refractivity contribution in [2.45, 2.75) is 6.92 Å². The number of pyridine rings is 2. The number of furan rings is 1. The number of nitrogens with zero attached hydrogens (tertiary/aromatic N) is 4. The number of amides is 2. The van der Waals surface area contributed by atoms with Gasteiger partial charge in [0.05, 0.1) is 28.7 Å². The standard InChI is InChI=1S/C25H21ClN4O3/c1-16-19(26)8-7-17-18(15-21(28-23(16)17)20-5-2-3-9-27-20)24(31)29-10-12-30(13-11-29)25(32)22-6-4-14-33-22/h2-9,14-15H,10-13H2,1H3. The van der Waals surface area contributed by atoms with Gasteiger partial charge < -0.3 is 14.2 Å². The first-order valence-electron chi connectivity index (χ1n) is 10.7. The molecule has 1 aliphatic heterocycles. The highest BCUT2D eigenvalue weighted by atomic mass is 35.5. The molecule has 0 saturated carbocycles. The van der Waals surface area contributed by atoms with E-state index in [2.05, 4.69) is 4.98 Å². The van der Waals surface area contributed by atoms with Crippen molar-refractivity contribution in [3.63, 3.8) is 0 Å². The molecule has 3 aromatic heterocycles. The minimum atomic E-state index is -0.163. The fraction of sp³-hybridized carbons (Fsp3) is 0.200. The summed E-state index contributed by atoms with van der Waals surface area (Å²) in [5.74, 6) is 0.0397. The Morgan fingerprint density at radius 3 is 2.36 bits per heavy atom. The number of aryl methyl sites for hydroxylation is 1. The lowest BCUT2D eigenvalue weighted by Gasteiger charge is -2.34. The molecule has 0 atom stereocenters. The second kappa shape index (κ2) is 8.67. The topological polar surface area (TPSA) is 79.5 Å². The lowest BCUT2D eigenvalue weighted by atomic mass is 10.0. The van der Waals surface area contributed by atoms with Crippen molar-refractivity contribution in [3.8, 4) is 11.4 Å². The summed E-state index contributed by atoms with van der Waals surface area (Å²) in [6.45, 7) is 3.63. The molecular formula is C25H21ClN4O3. The van der Waals surface area contributed by atoms with Crippen molar-refractivity contribution in [1.82, 2.24) is 19.8 Å². The van der Waals surface area contributed by atoms with E-state index in [-0.39, 0.29) is 11.8 Å². The summed E-state index contributed by atoms with van der Waals surface area (Å²) >= 11 is 6.36. The molecule has 0 unspecified atom stereocenters. The van der Waals surface area contributed by atoms with Gasteiger partial charge in [0, 0.05) is 42.8 Å². The molecule has 1 aliphatic rings. The van der Waals surface area contributed by atoms with E-state index in [1.807, 2.05) is 31.2 Å². The predicted octanol–water partition coefficient (Wildman–Crippen LogP) is 4.45. The van der Waals surface area contributed by atoms with E-state index in [1.165, 1.54) is 6.26 Å². The largest absolute Gasteiger partial charge is 0.459 e. The normalized spacial score (nSPS) is 14.0. The SMILES string of the molecule is Cc1c(Cl)ccc2c(C(=O)N3CCN(C(=O)c4ccco4)CC3)cc(-c3ccccn3)nc12. The molecular weight excluding hydrogens is 440 g/mol. The van der Waals surface area contributed by atoms with Gasteiger partial charge in [0.25, 0.3) is 11.8 Å². The van der Waals surface area contributed by atoms with Gasteiger partial charge in [-0.3, -0.25) is 14.6 Å². The number of fused-ring (bicyclic) bond motifs is 1. The summed E-state index contributed by atoms with van der Waals surface area (Å²) in [6.07, 6.45) is 3.18. The predicted molar refractivity (Wildman–Crippen MR) is 125 cm³/mol. The van der Waals surface area contributed by atoms with Gasteiger partial charge in [0.15, 0.2) is 5.76 Å². The minimum absolute atomic E-state index is 0.105. The molecule has 2 amide bonds. The average molecular weight is 461 g/mol. The lowest BCUT2D eigenvalue weighted by molar-refractivity contribution is 0.0519. The number of hydrogen-bond donors (Lipinski definition) is 0. The van der Waals surface area contributed by atoms with E-state index in [1.54, 1.807) is 40.3 Å². The number of piperazine rings is 1. The maximum atomic E-state index is 13.6. The van der Waals surface area contributed by atoms with Gasteiger partial charge in [-0.15, -0.1) is 0 Å². The van der Waals surface area contributed by atoms with Crippen LogP contribution in [0.25, 0.3) is 22.3 Å². The molecule has 1 aromatic carbocycles. The van der Waals surface area contributed by atoms with Crippen LogP contribution < -0.4 is 0 Å². The maximum absolute atomic E-state index is 13.6. The Kier molecular flexibility index (Phi) is 5.56. The summed E-state index contributed by atoms with van der Waals surface area (Å²) in [6, 6.07) is 14.3. The summed E-state index contributed by atoms with van der Waals surface area (Å²) in [5.41, 5.74) is 3.34. The van der Waals surface area contributed by atoms with E-state index in [4.69, 9.17) is 21.0 Å². The van der Waals surface area contributed by atoms with Crippen LogP contribution in [0.2, 0.25) is 5.02 Å². The second-order valence-electron chi connectivity index (χ2n) is 7.90. The highest BCUT2D eigenvalue weighted by molar-refractivity contribution is 6.32. The summed E-state index contributed by atoms with van der Waals surface area (Å²) in [7, 11) is 0. The van der Waals surface area contributed by atoms with Crippen molar-refractivity contribution >= 4 is 34.3 Å². The van der Waals surface area contributed by atoms with Gasteiger partial charge in [-0.25, -0.2) is 4.98 Å². The Labute approximate surface area is 195 Å². The van der Waals surface area contributed by atoms with Crippen LogP contribution in [-0.4, -0.2) is 57.8 Å². The van der Waals surface area contributed by atoms with Crippen molar-refractivity contribution in [3.05, 3.63) is 82.9 Å². The number of carbonyl (C=O) groups excluding carboxylic acids is 2. The van der Waals surface area contributed by atoms with E-state index in [0.717, 1.165) is 10.9 Å². The number of carbonyl (C=O) groups is 2. The van der Waals surface area contributed by atoms with Crippen LogP contribution in [0.15, 0.2) is 65.4 Å². The highest BCUT2D eigenvalue weighted by Gasteiger charge is 2.28. The maximum Gasteiger partial charge on any atom is 0.289 e. The molecule has 8 heteroatoms. The average Bonchev–Trinajstić information content (AvgIpc) is 3.41. The zero-order valence-corrected chi connectivity index (χ0v) is 18.7. The molecule has 33 heavy (non-hydrogen) atoms. The summed E-state index contributed by atoms with van der Waals surface area (Å²) in [5, 5.41) is 1.34. The molecule has 166 valence electrons. The fourth-order valence-corrected chi connectivity index (χ4v) is 4.22. The van der Waals surface area contributed by atoms with E-state index >= 15 is 0 Å². The molecule has 4 aromatic rings. The van der Waals surface area contributed by atoms with Crippen molar-refractivity contribution in [2.24, 2.45) is 0 Å². The quantitative estimate of drug-likeness (QED) is 0.451. The molecule has 0 N–H and O–H groups in total. The van der Waals surface area contributed by atoms with Crippen molar-refractivity contribution in [2.75, 3.05) is 26.2 Å². The van der Waals surface area contributed by atoms with Gasteiger partial charge in [0.2, 0.25) is 0 Å². The van der Waals surface area contributed by atoms with Crippen LogP contribution >= 0.6 is 11.6 Å². The third-order valence-electron chi connectivity index (χ3n) is 5.91. The van der Waals surface area contributed by atoms with Crippen LogP contribution in [0.4, 0.5) is 0 Å². The molecule has 4 heterocycles. The zero-order chi connectivity index (χ0) is 22.9. The molecule has 0 spiro atoms. The number of rotatable bonds is 3. The molecule has 1 saturated heterocycles. The van der Waals surface area contributed by atoms with Gasteiger partial charge in [-0.1, -0.05) is 23.7 Å². The Hall–Kier alpha value is -3.71. The van der Waals surface area contributed by atoms with Crippen molar-refractivity contribution < 1.29 is 14.0 Å². The van der Waals surface area contributed by atoms with E-state index < -0.39 is 0 Å². The molecule has 1 fully saturated rings. The zero-order valence-electron chi connectivity index (χ0n) is 18.0. The third kappa shape index (κ3) is 3.96. The molecule has 0 bridgehead atoms. The lowest BCUT2D eigenvalue weighted by Crippen LogP contribution is -2.50. The van der Waals surface area contributed by atoms with Crippen LogP contribution in [0, 0.1) is 6.92 Å². The fourth-order valence-electron chi connectivity index (χ4n) is 4.07. The Morgan fingerprint density at radius 2 is 1.70 bits per heavy atom. The Morgan fingerprint density at radius 1 is 0.939 bits per heavy atom. The van der Waals surface area contributed by atoms with E-state index in [0.29, 0.717) is 59.4 Å². The van der Waals surface area contributed by atoms with Gasteiger partial charge >= 0.3 is 0 Å². The molecule has 0 aliphatic carbocycles. The summed E-state index contributed by atoms with van der Waals surface area (Å²) < 4.78 is 5.22. The summed E-state index contributed by atoms with van der Waals surface area (Å²) in [4.78, 5) is 38.8. The first kappa shape index (κ1) is 21.2. The number of aromatic nitrogens is 2. The minimum Gasteiger partial charge on any atom is -0.459 e. The first-order valence-corrected chi connectivity index (χ1v) is 11.0. The van der Waals surface area contributed by atoms with Crippen LogP contribution in [0.1, 0.15) is 26.5 Å². The number of benzene rings is 1. The highest BCUT2D eigenvalue weighted by Crippen LogP contribution is 2.30. The van der Waals surface area contributed by atoms with Crippen LogP contribution in [-0.2, 0) is 0 Å². The van der Waals surface area contributed by atoms with Gasteiger partial charge in [-0.2, -0.15) is 0 Å². The molecule has 7 nitrogen and oxygen atoms in total. The molecule has 0 radical (unpaired) electrons. The van der Waals surface area contributed by atoms with Crippen molar-refractivity contribution in [1.29, 1.82) is 0 Å². The van der Waals surface area contributed by atoms with Crippen LogP contribution in [0.5, 0.6) is 0 Å². The van der Waals surface area contributed by atoms with Crippen LogP contribution in [0.3, 0.4) is 0 Å². The second-order valence-corrected chi connectivity index (χ2v) is 8.31. The smallest absolute Gasteiger partial charge is 0.289 e. The number of halogens is 1. The Bertz CT molecular complexity index is 1330. The number of hydrogen-bond acceptors (Lipinski definition) is 5. The van der Waals surface area contributed by atoms with Gasteiger partial charge in [-0.05, 0) is 48.9 Å². The Balaban J connectivity index is 1.47. The van der Waals surface area contributed by atoms with Gasteiger partial charge in [0.1, 0.15) is 0 Å². The van der Waals surface area contributed by atoms with E-state index in [9.17, 15) is 9.59 Å². The monoisotopic (exact) mass is 460 g/mol. The first-order chi connectivity index (χ1) is 16.0.